The Labute approximate surface area is 126 Å². The van der Waals surface area contributed by atoms with Crippen LogP contribution in [0.25, 0.3) is 0 Å². The first-order valence-corrected chi connectivity index (χ1v) is 6.17. The fourth-order valence-corrected chi connectivity index (χ4v) is 1.59. The molecule has 0 aromatic heterocycles. The van der Waals surface area contributed by atoms with Gasteiger partial charge in [-0.2, -0.15) is 0 Å². The predicted octanol–water partition coefficient (Wildman–Crippen LogP) is 1.28. The molecule has 1 fully saturated rings. The van der Waals surface area contributed by atoms with E-state index < -0.39 is 0 Å². The topological polar surface area (TPSA) is 68.9 Å². The Morgan fingerprint density at radius 1 is 1.50 bits per heavy atom. The SMILES string of the molecule is C=CCNC(N)=NCCCOC1CCOCC1.I. The van der Waals surface area contributed by atoms with Crippen LogP contribution in [-0.2, 0) is 9.47 Å². The van der Waals surface area contributed by atoms with Gasteiger partial charge in [-0.3, -0.25) is 4.99 Å². The van der Waals surface area contributed by atoms with Gasteiger partial charge in [0.1, 0.15) is 0 Å². The molecule has 5 nitrogen and oxygen atoms in total. The van der Waals surface area contributed by atoms with E-state index in [1.807, 2.05) is 0 Å². The van der Waals surface area contributed by atoms with Crippen LogP contribution in [0.3, 0.4) is 0 Å². The number of guanidine groups is 1. The van der Waals surface area contributed by atoms with Crippen LogP contribution < -0.4 is 11.1 Å². The molecule has 1 heterocycles. The summed E-state index contributed by atoms with van der Waals surface area (Å²) in [5.74, 6) is 0.468. The van der Waals surface area contributed by atoms with E-state index >= 15 is 0 Å². The fraction of sp³-hybridized carbons (Fsp3) is 0.750. The van der Waals surface area contributed by atoms with Gasteiger partial charge in [0, 0.05) is 32.9 Å². The molecule has 0 saturated carbocycles. The van der Waals surface area contributed by atoms with Gasteiger partial charge in [-0.1, -0.05) is 6.08 Å². The molecule has 106 valence electrons. The summed E-state index contributed by atoms with van der Waals surface area (Å²) in [6, 6.07) is 0. The minimum atomic E-state index is 0. The van der Waals surface area contributed by atoms with Crippen molar-refractivity contribution in [3.05, 3.63) is 12.7 Å². The molecule has 0 atom stereocenters. The van der Waals surface area contributed by atoms with Crippen molar-refractivity contribution in [2.75, 3.05) is 32.9 Å². The highest BCUT2D eigenvalue weighted by Crippen LogP contribution is 2.10. The third kappa shape index (κ3) is 8.71. The first-order chi connectivity index (χ1) is 8.33. The number of nitrogens with zero attached hydrogens (tertiary/aromatic N) is 1. The lowest BCUT2D eigenvalue weighted by Gasteiger charge is -2.22. The maximum Gasteiger partial charge on any atom is 0.188 e. The van der Waals surface area contributed by atoms with E-state index in [-0.39, 0.29) is 24.0 Å². The summed E-state index contributed by atoms with van der Waals surface area (Å²) < 4.78 is 11.0. The summed E-state index contributed by atoms with van der Waals surface area (Å²) >= 11 is 0. The van der Waals surface area contributed by atoms with Crippen molar-refractivity contribution in [2.45, 2.75) is 25.4 Å². The molecule has 0 amide bonds. The van der Waals surface area contributed by atoms with E-state index in [1.165, 1.54) is 0 Å². The third-order valence-corrected chi connectivity index (χ3v) is 2.53. The van der Waals surface area contributed by atoms with Gasteiger partial charge in [-0.05, 0) is 19.3 Å². The van der Waals surface area contributed by atoms with E-state index in [2.05, 4.69) is 16.9 Å². The van der Waals surface area contributed by atoms with Crippen LogP contribution in [0, 0.1) is 0 Å². The van der Waals surface area contributed by atoms with Crippen LogP contribution in [0.15, 0.2) is 17.6 Å². The van der Waals surface area contributed by atoms with Crippen molar-refractivity contribution in [3.8, 4) is 0 Å². The van der Waals surface area contributed by atoms with E-state index in [4.69, 9.17) is 15.2 Å². The van der Waals surface area contributed by atoms with Crippen molar-refractivity contribution in [3.63, 3.8) is 0 Å². The van der Waals surface area contributed by atoms with Crippen molar-refractivity contribution in [2.24, 2.45) is 10.7 Å². The smallest absolute Gasteiger partial charge is 0.188 e. The Kier molecular flexibility index (Phi) is 11.5. The highest BCUT2D eigenvalue weighted by atomic mass is 127. The van der Waals surface area contributed by atoms with E-state index in [0.717, 1.165) is 39.1 Å². The molecule has 0 bridgehead atoms. The summed E-state index contributed by atoms with van der Waals surface area (Å²) in [5, 5.41) is 2.92. The first kappa shape index (κ1) is 17.7. The summed E-state index contributed by atoms with van der Waals surface area (Å²) in [4.78, 5) is 4.18. The van der Waals surface area contributed by atoms with Crippen LogP contribution >= 0.6 is 24.0 Å². The quantitative estimate of drug-likeness (QED) is 0.233. The largest absolute Gasteiger partial charge is 0.381 e. The number of hydrogen-bond donors (Lipinski definition) is 2. The normalized spacial score (nSPS) is 17.0. The molecule has 0 radical (unpaired) electrons. The van der Waals surface area contributed by atoms with Crippen molar-refractivity contribution in [1.82, 2.24) is 5.32 Å². The zero-order chi connectivity index (χ0) is 12.3. The summed E-state index contributed by atoms with van der Waals surface area (Å²) in [6.45, 7) is 7.31. The number of aliphatic imine (C=N–C) groups is 1. The fourth-order valence-electron chi connectivity index (χ4n) is 1.59. The summed E-state index contributed by atoms with van der Waals surface area (Å²) in [7, 11) is 0. The second-order valence-corrected chi connectivity index (χ2v) is 3.97. The minimum absolute atomic E-state index is 0. The highest BCUT2D eigenvalue weighted by Gasteiger charge is 2.13. The van der Waals surface area contributed by atoms with Gasteiger partial charge in [0.15, 0.2) is 5.96 Å². The number of halogens is 1. The number of hydrogen-bond acceptors (Lipinski definition) is 3. The average molecular weight is 369 g/mol. The Bertz CT molecular complexity index is 243. The Morgan fingerprint density at radius 2 is 2.22 bits per heavy atom. The van der Waals surface area contributed by atoms with Crippen LogP contribution in [0.1, 0.15) is 19.3 Å². The van der Waals surface area contributed by atoms with Gasteiger partial charge in [0.25, 0.3) is 0 Å². The molecule has 0 spiro atoms. The van der Waals surface area contributed by atoms with E-state index in [9.17, 15) is 0 Å². The predicted molar refractivity (Wildman–Crippen MR) is 84.5 cm³/mol. The number of ether oxygens (including phenoxy) is 2. The zero-order valence-corrected chi connectivity index (χ0v) is 13.1. The molecule has 6 heteroatoms. The van der Waals surface area contributed by atoms with E-state index in [1.54, 1.807) is 6.08 Å². The highest BCUT2D eigenvalue weighted by molar-refractivity contribution is 14.0. The third-order valence-electron chi connectivity index (χ3n) is 2.53. The molecule has 0 unspecified atom stereocenters. The van der Waals surface area contributed by atoms with Crippen LogP contribution in [0.2, 0.25) is 0 Å². The Morgan fingerprint density at radius 3 is 2.89 bits per heavy atom. The first-order valence-electron chi connectivity index (χ1n) is 6.17. The van der Waals surface area contributed by atoms with Crippen LogP contribution in [-0.4, -0.2) is 45.0 Å². The monoisotopic (exact) mass is 369 g/mol. The second kappa shape index (κ2) is 11.7. The molecule has 1 saturated heterocycles. The molecule has 3 N–H and O–H groups in total. The van der Waals surface area contributed by atoms with Crippen LogP contribution in [0.4, 0.5) is 0 Å². The molecule has 1 rings (SSSR count). The van der Waals surface area contributed by atoms with Crippen molar-refractivity contribution in [1.29, 1.82) is 0 Å². The lowest BCUT2D eigenvalue weighted by atomic mass is 10.1. The minimum Gasteiger partial charge on any atom is -0.381 e. The van der Waals surface area contributed by atoms with Gasteiger partial charge in [-0.25, -0.2) is 0 Å². The van der Waals surface area contributed by atoms with E-state index in [0.29, 0.717) is 25.2 Å². The second-order valence-electron chi connectivity index (χ2n) is 3.97. The van der Waals surface area contributed by atoms with Crippen LogP contribution in [0.5, 0.6) is 0 Å². The summed E-state index contributed by atoms with van der Waals surface area (Å²) in [5.41, 5.74) is 5.62. The molecular formula is C12H24IN3O2. The van der Waals surface area contributed by atoms with Gasteiger partial charge in [0.2, 0.25) is 0 Å². The molecule has 0 aromatic rings. The van der Waals surface area contributed by atoms with Crippen molar-refractivity contribution >= 4 is 29.9 Å². The Hall–Kier alpha value is -0.340. The number of rotatable bonds is 7. The lowest BCUT2D eigenvalue weighted by Crippen LogP contribution is -2.31. The van der Waals surface area contributed by atoms with Gasteiger partial charge < -0.3 is 20.5 Å². The van der Waals surface area contributed by atoms with Gasteiger partial charge >= 0.3 is 0 Å². The molecule has 1 aliphatic rings. The number of nitrogens with two attached hydrogens (primary N) is 1. The molecular weight excluding hydrogens is 345 g/mol. The lowest BCUT2D eigenvalue weighted by molar-refractivity contribution is -0.0318. The van der Waals surface area contributed by atoms with Crippen molar-refractivity contribution < 1.29 is 9.47 Å². The summed E-state index contributed by atoms with van der Waals surface area (Å²) in [6.07, 6.45) is 5.02. The maximum absolute atomic E-state index is 5.72. The van der Waals surface area contributed by atoms with Gasteiger partial charge in [-0.15, -0.1) is 30.6 Å². The molecule has 18 heavy (non-hydrogen) atoms. The molecule has 0 aromatic carbocycles. The molecule has 0 aliphatic carbocycles. The zero-order valence-electron chi connectivity index (χ0n) is 10.8. The molecule has 1 aliphatic heterocycles. The average Bonchev–Trinajstić information content (AvgIpc) is 2.37. The maximum atomic E-state index is 5.72. The Balaban J connectivity index is 0.00000289. The number of nitrogens with one attached hydrogen (secondary N) is 1. The van der Waals surface area contributed by atoms with Gasteiger partial charge in [0.05, 0.1) is 6.10 Å². The standard InChI is InChI=1S/C12H23N3O2.HI/c1-2-6-14-12(13)15-7-3-8-17-11-4-9-16-10-5-11;/h2,11H,1,3-10H2,(H3,13,14,15);1H.